The first kappa shape index (κ1) is 27.0. The summed E-state index contributed by atoms with van der Waals surface area (Å²) in [5, 5.41) is 16.4. The second-order valence-electron chi connectivity index (χ2n) is 3.60. The molecule has 4 N–H and O–H groups in total. The molecule has 0 amide bonds. The molecule has 0 rings (SSSR count). The molecule has 0 aliphatic carbocycles. The Labute approximate surface area is 125 Å². The molecule has 6 heteroatoms. The summed E-state index contributed by atoms with van der Waals surface area (Å²) in [5.41, 5.74) is 2.47. The average Bonchev–Trinajstić information content (AvgIpc) is 2.40. The predicted molar refractivity (Wildman–Crippen MR) is 81.8 cm³/mol. The van der Waals surface area contributed by atoms with Crippen molar-refractivity contribution >= 4 is 17.9 Å². The summed E-state index contributed by atoms with van der Waals surface area (Å²) in [7, 11) is 0. The highest BCUT2D eigenvalue weighted by Crippen LogP contribution is 2.00. The molecule has 21 heavy (non-hydrogen) atoms. The molecule has 0 saturated heterocycles. The Hall–Kier alpha value is -2.39. The van der Waals surface area contributed by atoms with Gasteiger partial charge in [0, 0.05) is 11.1 Å². The van der Waals surface area contributed by atoms with Gasteiger partial charge in [0.05, 0.1) is 0 Å². The lowest BCUT2D eigenvalue weighted by Gasteiger charge is -1.92. The number of carboxylic acids is 2. The maximum atomic E-state index is 9.99. The number of aliphatic carboxylic acids is 2. The van der Waals surface area contributed by atoms with Crippen LogP contribution in [0.3, 0.4) is 0 Å². The van der Waals surface area contributed by atoms with Crippen LogP contribution in [0.5, 0.6) is 0 Å². The van der Waals surface area contributed by atoms with Crippen LogP contribution in [0.1, 0.15) is 39.5 Å². The Morgan fingerprint density at radius 3 is 1.24 bits per heavy atom. The maximum absolute atomic E-state index is 9.99. The second kappa shape index (κ2) is 19.9. The lowest BCUT2D eigenvalue weighted by atomic mass is 10.2. The van der Waals surface area contributed by atoms with Crippen molar-refractivity contribution in [1.82, 2.24) is 0 Å². The third-order valence-corrected chi connectivity index (χ3v) is 1.78. The fraction of sp³-hybridized carbons (Fsp3) is 0.400. The van der Waals surface area contributed by atoms with Crippen LogP contribution in [-0.2, 0) is 14.4 Å². The summed E-state index contributed by atoms with van der Waals surface area (Å²) in [6, 6.07) is 0. The highest BCUT2D eigenvalue weighted by molar-refractivity contribution is 5.85. The zero-order chi connectivity index (χ0) is 16.6. The third-order valence-electron chi connectivity index (χ3n) is 1.78. The molecule has 0 aliphatic rings. The van der Waals surface area contributed by atoms with Gasteiger partial charge in [-0.3, -0.25) is 0 Å². The minimum atomic E-state index is -0.883. The van der Waals surface area contributed by atoms with Crippen molar-refractivity contribution in [3.8, 4) is 0 Å². The molecule has 6 nitrogen and oxygen atoms in total. The van der Waals surface area contributed by atoms with Crippen molar-refractivity contribution in [3.05, 3.63) is 36.6 Å². The highest BCUT2D eigenvalue weighted by Gasteiger charge is 1.99. The number of carboxylic acid groups (broad SMARTS) is 2. The zero-order valence-corrected chi connectivity index (χ0v) is 12.6. The van der Waals surface area contributed by atoms with Crippen LogP contribution >= 0.6 is 0 Å². The highest BCUT2D eigenvalue weighted by atomic mass is 16.4. The molecular formula is C15H24O6. The standard InChI is InChI=1S/2C6H10O2.C3H2O.H2O/c2*1-3-4-5(2)6(7)8;1-2-3-4;/h2*2-4H2,1H3,(H,7,8);1H2;1H2. The minimum Gasteiger partial charge on any atom is -0.478 e. The molecule has 0 heterocycles. The van der Waals surface area contributed by atoms with Crippen molar-refractivity contribution in [3.63, 3.8) is 0 Å². The fourth-order valence-electron chi connectivity index (χ4n) is 0.817. The number of rotatable bonds is 6. The Morgan fingerprint density at radius 1 is 0.952 bits per heavy atom. The van der Waals surface area contributed by atoms with E-state index >= 15 is 0 Å². The van der Waals surface area contributed by atoms with Crippen LogP contribution in [0.25, 0.3) is 0 Å². The molecule has 0 aromatic carbocycles. The largest absolute Gasteiger partial charge is 0.478 e. The summed E-state index contributed by atoms with van der Waals surface area (Å²) in [4.78, 5) is 28.9. The van der Waals surface area contributed by atoms with Crippen molar-refractivity contribution in [2.24, 2.45) is 0 Å². The Balaban J connectivity index is -0.000000107. The lowest BCUT2D eigenvalue weighted by molar-refractivity contribution is -0.133. The monoisotopic (exact) mass is 300 g/mol. The molecule has 0 bridgehead atoms. The number of carbonyl (C=O) groups is 2. The fourth-order valence-corrected chi connectivity index (χ4v) is 0.817. The summed E-state index contributed by atoms with van der Waals surface area (Å²) >= 11 is 0. The van der Waals surface area contributed by atoms with Gasteiger partial charge in [0.2, 0.25) is 0 Å². The molecule has 0 unspecified atom stereocenters. The Morgan fingerprint density at radius 2 is 1.19 bits per heavy atom. The van der Waals surface area contributed by atoms with Crippen molar-refractivity contribution < 1.29 is 30.1 Å². The van der Waals surface area contributed by atoms with Crippen molar-refractivity contribution in [2.45, 2.75) is 39.5 Å². The van der Waals surface area contributed by atoms with Crippen molar-refractivity contribution in [2.75, 3.05) is 0 Å². The number of carbonyl (C=O) groups excluding carboxylic acids is 1. The first-order valence-electron chi connectivity index (χ1n) is 5.99. The summed E-state index contributed by atoms with van der Waals surface area (Å²) < 4.78 is 0. The van der Waals surface area contributed by atoms with E-state index in [4.69, 9.17) is 15.0 Å². The molecule has 0 aliphatic heterocycles. The normalized spacial score (nSPS) is 7.14. The van der Waals surface area contributed by atoms with Crippen LogP contribution in [0, 0.1) is 0 Å². The molecule has 0 aromatic heterocycles. The topological polar surface area (TPSA) is 123 Å². The molecule has 0 spiro atoms. The quantitative estimate of drug-likeness (QED) is 0.442. The van der Waals surface area contributed by atoms with Crippen LogP contribution < -0.4 is 0 Å². The van der Waals surface area contributed by atoms with Gasteiger partial charge in [-0.15, -0.1) is 0 Å². The van der Waals surface area contributed by atoms with E-state index in [2.05, 4.69) is 19.7 Å². The SMILES string of the molecule is C=C(CCC)C(=O)O.C=C(CCC)C(=O)O.C=C=C=O.O. The molecule has 0 aromatic rings. The van der Waals surface area contributed by atoms with Gasteiger partial charge >= 0.3 is 11.9 Å². The summed E-state index contributed by atoms with van der Waals surface area (Å²) in [6.45, 7) is 13.5. The van der Waals surface area contributed by atoms with Crippen LogP contribution in [0.4, 0.5) is 0 Å². The first-order chi connectivity index (χ1) is 9.28. The number of hydrogen-bond acceptors (Lipinski definition) is 3. The Bertz CT molecular complexity index is 360. The smallest absolute Gasteiger partial charge is 0.330 e. The summed E-state index contributed by atoms with van der Waals surface area (Å²) in [6.07, 6.45) is 2.89. The predicted octanol–water partition coefficient (Wildman–Crippen LogP) is 2.19. The van der Waals surface area contributed by atoms with Gasteiger partial charge in [0.25, 0.3) is 0 Å². The molecular weight excluding hydrogens is 276 g/mol. The van der Waals surface area contributed by atoms with E-state index in [1.165, 1.54) is 5.94 Å². The second-order valence-corrected chi connectivity index (χ2v) is 3.60. The van der Waals surface area contributed by atoms with Gasteiger partial charge < -0.3 is 15.7 Å². The van der Waals surface area contributed by atoms with E-state index in [1.807, 2.05) is 19.6 Å². The minimum absolute atomic E-state index is 0. The van der Waals surface area contributed by atoms with E-state index in [9.17, 15) is 9.59 Å². The van der Waals surface area contributed by atoms with Gasteiger partial charge in [-0.25, -0.2) is 14.4 Å². The van der Waals surface area contributed by atoms with E-state index in [0.717, 1.165) is 12.8 Å². The summed E-state index contributed by atoms with van der Waals surface area (Å²) in [5.74, 6) is -0.446. The van der Waals surface area contributed by atoms with E-state index in [-0.39, 0.29) is 5.48 Å². The van der Waals surface area contributed by atoms with E-state index in [1.54, 1.807) is 0 Å². The van der Waals surface area contributed by atoms with Crippen LogP contribution in [0.15, 0.2) is 36.6 Å². The average molecular weight is 300 g/mol. The van der Waals surface area contributed by atoms with Gasteiger partial charge in [-0.1, -0.05) is 39.8 Å². The Kier molecular flexibility index (Phi) is 25.7. The maximum Gasteiger partial charge on any atom is 0.330 e. The molecule has 0 saturated carbocycles. The van der Waals surface area contributed by atoms with E-state index in [0.29, 0.717) is 24.0 Å². The van der Waals surface area contributed by atoms with Crippen LogP contribution in [-0.4, -0.2) is 33.6 Å². The molecule has 0 fully saturated rings. The van der Waals surface area contributed by atoms with E-state index < -0.39 is 11.9 Å². The zero-order valence-electron chi connectivity index (χ0n) is 12.6. The first-order valence-corrected chi connectivity index (χ1v) is 5.99. The van der Waals surface area contributed by atoms with Gasteiger partial charge in [0.15, 0.2) is 5.94 Å². The van der Waals surface area contributed by atoms with Gasteiger partial charge in [-0.05, 0) is 25.2 Å². The third kappa shape index (κ3) is 27.0. The number of hydrogen-bond donors (Lipinski definition) is 2. The lowest BCUT2D eigenvalue weighted by Crippen LogP contribution is -1.97. The van der Waals surface area contributed by atoms with Crippen LogP contribution in [0.2, 0.25) is 0 Å². The molecule has 120 valence electrons. The van der Waals surface area contributed by atoms with Crippen molar-refractivity contribution in [1.29, 1.82) is 0 Å². The van der Waals surface area contributed by atoms with Gasteiger partial charge in [0.1, 0.15) is 0 Å². The molecule has 0 radical (unpaired) electrons. The van der Waals surface area contributed by atoms with Gasteiger partial charge in [-0.2, -0.15) is 0 Å². The molecule has 0 atom stereocenters.